The lowest BCUT2D eigenvalue weighted by molar-refractivity contribution is -0.384. The Morgan fingerprint density at radius 2 is 2.12 bits per heavy atom. The number of methoxy groups -OCH3 is 1. The molecule has 9 heteroatoms. The number of ether oxygens (including phenoxy) is 1. The molecule has 24 heavy (non-hydrogen) atoms. The van der Waals surface area contributed by atoms with E-state index in [2.05, 4.69) is 9.97 Å². The van der Waals surface area contributed by atoms with E-state index in [0.29, 0.717) is 11.3 Å². The lowest BCUT2D eigenvalue weighted by Crippen LogP contribution is -2.13. The molecule has 0 aliphatic heterocycles. The fourth-order valence-electron chi connectivity index (χ4n) is 2.24. The van der Waals surface area contributed by atoms with Gasteiger partial charge in [0.15, 0.2) is 4.77 Å². The number of aromatic amines is 1. The van der Waals surface area contributed by atoms with Gasteiger partial charge in [-0.15, -0.1) is 0 Å². The molecule has 2 aromatic rings. The van der Waals surface area contributed by atoms with Crippen LogP contribution in [0.1, 0.15) is 35.8 Å². The molecule has 1 heterocycles. The first-order chi connectivity index (χ1) is 11.3. The molecule has 0 fully saturated rings. The normalized spacial score (nSPS) is 10.7. The Labute approximate surface area is 147 Å². The zero-order valence-corrected chi connectivity index (χ0v) is 14.7. The Kier molecular flexibility index (Phi) is 5.30. The molecule has 1 N–H and O–H groups in total. The van der Waals surface area contributed by atoms with Crippen LogP contribution in [-0.4, -0.2) is 28.0 Å². The van der Waals surface area contributed by atoms with Gasteiger partial charge in [-0.25, -0.2) is 9.78 Å². The number of carbonyl (C=O) groups is 1. The van der Waals surface area contributed by atoms with Gasteiger partial charge in [-0.3, -0.25) is 10.1 Å². The van der Waals surface area contributed by atoms with Crippen LogP contribution in [0.2, 0.25) is 5.02 Å². The van der Waals surface area contributed by atoms with Crippen molar-refractivity contribution in [2.75, 3.05) is 7.11 Å². The van der Waals surface area contributed by atoms with Gasteiger partial charge >= 0.3 is 5.97 Å². The molecule has 0 aliphatic carbocycles. The number of nitro benzene ring substituents is 1. The first-order valence-electron chi connectivity index (χ1n) is 6.93. The molecule has 0 radical (unpaired) electrons. The number of nitrogens with one attached hydrogen (secondary N) is 1. The number of H-pyrrole nitrogens is 1. The maximum absolute atomic E-state index is 12.3. The number of esters is 1. The molecule has 0 saturated carbocycles. The maximum Gasteiger partial charge on any atom is 0.341 e. The van der Waals surface area contributed by atoms with Crippen LogP contribution < -0.4 is 0 Å². The van der Waals surface area contributed by atoms with Crippen LogP contribution in [0, 0.1) is 14.9 Å². The summed E-state index contributed by atoms with van der Waals surface area (Å²) in [7, 11) is 1.25. The molecule has 126 valence electrons. The minimum absolute atomic E-state index is 0.00598. The molecule has 0 amide bonds. The van der Waals surface area contributed by atoms with Crippen molar-refractivity contribution in [1.82, 2.24) is 9.97 Å². The van der Waals surface area contributed by atoms with Gasteiger partial charge in [0.05, 0.1) is 17.7 Å². The van der Waals surface area contributed by atoms with E-state index >= 15 is 0 Å². The molecule has 0 bridgehead atoms. The van der Waals surface area contributed by atoms with Crippen LogP contribution in [0.3, 0.4) is 0 Å². The molecule has 0 saturated heterocycles. The highest BCUT2D eigenvalue weighted by Crippen LogP contribution is 2.33. The average molecular weight is 368 g/mol. The number of carbonyl (C=O) groups excluding carboxylic acids is 1. The molecule has 0 spiro atoms. The largest absolute Gasteiger partial charge is 0.465 e. The Morgan fingerprint density at radius 3 is 2.67 bits per heavy atom. The second-order valence-electron chi connectivity index (χ2n) is 5.25. The Balaban J connectivity index is 2.83. The second kappa shape index (κ2) is 7.06. The molecule has 0 aliphatic rings. The Bertz CT molecular complexity index is 880. The van der Waals surface area contributed by atoms with E-state index in [1.54, 1.807) is 6.07 Å². The third-order valence-corrected chi connectivity index (χ3v) is 3.86. The number of benzene rings is 1. The summed E-state index contributed by atoms with van der Waals surface area (Å²) in [4.78, 5) is 29.8. The summed E-state index contributed by atoms with van der Waals surface area (Å²) in [5, 5.41) is 11.1. The molecule has 1 aromatic carbocycles. The monoisotopic (exact) mass is 367 g/mol. The van der Waals surface area contributed by atoms with Crippen LogP contribution in [0.25, 0.3) is 11.3 Å². The smallest absolute Gasteiger partial charge is 0.341 e. The first-order valence-corrected chi connectivity index (χ1v) is 7.71. The lowest BCUT2D eigenvalue weighted by Gasteiger charge is -2.15. The van der Waals surface area contributed by atoms with Crippen molar-refractivity contribution < 1.29 is 14.5 Å². The molecule has 0 unspecified atom stereocenters. The van der Waals surface area contributed by atoms with E-state index in [-0.39, 0.29) is 32.7 Å². The minimum atomic E-state index is -0.606. The van der Waals surface area contributed by atoms with Gasteiger partial charge in [0, 0.05) is 17.3 Å². The zero-order valence-electron chi connectivity index (χ0n) is 13.1. The summed E-state index contributed by atoms with van der Waals surface area (Å²) in [6.45, 7) is 3.75. The topological polar surface area (TPSA) is 98.1 Å². The molecule has 1 aromatic heterocycles. The van der Waals surface area contributed by atoms with E-state index in [0.717, 1.165) is 0 Å². The lowest BCUT2D eigenvalue weighted by atomic mass is 9.98. The van der Waals surface area contributed by atoms with Gasteiger partial charge in [-0.1, -0.05) is 31.5 Å². The number of nitrogens with zero attached hydrogens (tertiary/aromatic N) is 2. The van der Waals surface area contributed by atoms with E-state index < -0.39 is 10.9 Å². The molecule has 0 atom stereocenters. The van der Waals surface area contributed by atoms with Gasteiger partial charge in [0.2, 0.25) is 0 Å². The van der Waals surface area contributed by atoms with E-state index in [4.69, 9.17) is 28.6 Å². The van der Waals surface area contributed by atoms with Gasteiger partial charge in [0.25, 0.3) is 5.69 Å². The summed E-state index contributed by atoms with van der Waals surface area (Å²) in [5.74, 6) is -0.671. The zero-order chi connectivity index (χ0) is 18.0. The van der Waals surface area contributed by atoms with Gasteiger partial charge < -0.3 is 9.72 Å². The van der Waals surface area contributed by atoms with Gasteiger partial charge in [0.1, 0.15) is 10.6 Å². The van der Waals surface area contributed by atoms with Crippen molar-refractivity contribution in [3.8, 4) is 11.3 Å². The number of aromatic nitrogens is 2. The fourth-order valence-corrected chi connectivity index (χ4v) is 2.63. The SMILES string of the molecule is COC(=O)c1c(-c2ccc(Cl)c([N+](=O)[O-])c2)nc(=S)[nH]c1C(C)C. The van der Waals surface area contributed by atoms with Crippen molar-refractivity contribution in [1.29, 1.82) is 0 Å². The molecule has 7 nitrogen and oxygen atoms in total. The second-order valence-corrected chi connectivity index (χ2v) is 6.04. The number of nitro groups is 1. The number of hydrogen-bond acceptors (Lipinski definition) is 6. The van der Waals surface area contributed by atoms with Crippen LogP contribution in [0.15, 0.2) is 18.2 Å². The van der Waals surface area contributed by atoms with Gasteiger partial charge in [-0.2, -0.15) is 0 Å². The summed E-state index contributed by atoms with van der Waals surface area (Å²) in [5.41, 5.74) is 1.03. The van der Waals surface area contributed by atoms with Crippen molar-refractivity contribution in [3.05, 3.63) is 49.4 Å². The van der Waals surface area contributed by atoms with Crippen LogP contribution in [0.5, 0.6) is 0 Å². The third-order valence-electron chi connectivity index (χ3n) is 3.34. The molecular weight excluding hydrogens is 354 g/mol. The summed E-state index contributed by atoms with van der Waals surface area (Å²) >= 11 is 11.0. The average Bonchev–Trinajstić information content (AvgIpc) is 2.53. The van der Waals surface area contributed by atoms with Crippen LogP contribution in [-0.2, 0) is 4.74 Å². The highest BCUT2D eigenvalue weighted by atomic mass is 35.5. The number of halogens is 1. The predicted molar refractivity (Wildman–Crippen MR) is 92.0 cm³/mol. The highest BCUT2D eigenvalue weighted by Gasteiger charge is 2.24. The van der Waals surface area contributed by atoms with E-state index in [1.165, 1.54) is 19.2 Å². The summed E-state index contributed by atoms with van der Waals surface area (Å²) in [6, 6.07) is 4.19. The minimum Gasteiger partial charge on any atom is -0.465 e. The third kappa shape index (κ3) is 3.44. The Hall–Kier alpha value is -2.32. The van der Waals surface area contributed by atoms with Crippen molar-refractivity contribution in [3.63, 3.8) is 0 Å². The highest BCUT2D eigenvalue weighted by molar-refractivity contribution is 7.71. The standard InChI is InChI=1S/C15H14ClN3O4S/c1-7(2)12-11(14(20)23-3)13(18-15(24)17-12)8-4-5-9(16)10(6-8)19(21)22/h4-7H,1-3H3,(H,17,18,24). The summed E-state index contributed by atoms with van der Waals surface area (Å²) < 4.78 is 5.00. The first kappa shape index (κ1) is 18.0. The quantitative estimate of drug-likeness (QED) is 0.375. The van der Waals surface area contributed by atoms with Crippen molar-refractivity contribution in [2.24, 2.45) is 0 Å². The Morgan fingerprint density at radius 1 is 1.46 bits per heavy atom. The van der Waals surface area contributed by atoms with E-state index in [9.17, 15) is 14.9 Å². The van der Waals surface area contributed by atoms with Crippen molar-refractivity contribution in [2.45, 2.75) is 19.8 Å². The fraction of sp³-hybridized carbons (Fsp3) is 0.267. The number of hydrogen-bond donors (Lipinski definition) is 1. The van der Waals surface area contributed by atoms with E-state index in [1.807, 2.05) is 13.8 Å². The molecular formula is C15H14ClN3O4S. The predicted octanol–water partition coefficient (Wildman–Crippen LogP) is 4.28. The number of rotatable bonds is 4. The summed E-state index contributed by atoms with van der Waals surface area (Å²) in [6.07, 6.45) is 0. The molecule has 2 rings (SSSR count). The van der Waals surface area contributed by atoms with Crippen LogP contribution in [0.4, 0.5) is 5.69 Å². The maximum atomic E-state index is 12.3. The van der Waals surface area contributed by atoms with Crippen LogP contribution >= 0.6 is 23.8 Å². The van der Waals surface area contributed by atoms with Gasteiger partial charge in [-0.05, 0) is 24.2 Å². The van der Waals surface area contributed by atoms with Crippen molar-refractivity contribution >= 4 is 35.5 Å².